The van der Waals surface area contributed by atoms with Gasteiger partial charge in [-0.1, -0.05) is 35.7 Å². The van der Waals surface area contributed by atoms with Crippen molar-refractivity contribution in [2.24, 2.45) is 5.92 Å². The number of pyridine rings is 1. The molecule has 3 aromatic carbocycles. The molecule has 1 saturated carbocycles. The number of para-hydroxylation sites is 2. The molecule has 3 amide bonds. The summed E-state index contributed by atoms with van der Waals surface area (Å²) in [6.45, 7) is -0.994. The lowest BCUT2D eigenvalue weighted by Gasteiger charge is -2.26. The van der Waals surface area contributed by atoms with Crippen LogP contribution in [0.1, 0.15) is 66.1 Å². The lowest BCUT2D eigenvalue weighted by atomic mass is 9.93. The summed E-state index contributed by atoms with van der Waals surface area (Å²) >= 11 is 6.70. The third kappa shape index (κ3) is 11.9. The van der Waals surface area contributed by atoms with E-state index in [-0.39, 0.29) is 36.9 Å². The van der Waals surface area contributed by atoms with Gasteiger partial charge in [0.25, 0.3) is 5.92 Å². The van der Waals surface area contributed by atoms with Crippen LogP contribution in [0.2, 0.25) is 5.02 Å². The fraction of sp³-hybridized carbons (Fsp3) is 0.340. The summed E-state index contributed by atoms with van der Waals surface area (Å²) in [5, 5.41) is 8.43. The smallest absolute Gasteiger partial charge is 0.402 e. The van der Waals surface area contributed by atoms with Crippen LogP contribution in [0.5, 0.6) is 5.75 Å². The molecule has 0 radical (unpaired) electrons. The number of hydrogen-bond acceptors (Lipinski definition) is 11. The minimum Gasteiger partial charge on any atom is -0.402 e. The summed E-state index contributed by atoms with van der Waals surface area (Å²) in [5.41, 5.74) is -6.87. The molecule has 18 nitrogen and oxygen atoms in total. The molecule has 422 valence electrons. The second-order valence-corrected chi connectivity index (χ2v) is 24.9. The van der Waals surface area contributed by atoms with Crippen molar-refractivity contribution in [3.05, 3.63) is 117 Å². The first-order valence-corrected chi connectivity index (χ1v) is 28.3. The summed E-state index contributed by atoms with van der Waals surface area (Å²) < 4.78 is 216. The van der Waals surface area contributed by atoms with Crippen LogP contribution in [0.25, 0.3) is 22.0 Å². The number of aromatic nitrogens is 5. The molecule has 1 fully saturated rings. The van der Waals surface area contributed by atoms with E-state index in [1.807, 2.05) is 0 Å². The van der Waals surface area contributed by atoms with E-state index in [1.54, 1.807) is 0 Å². The normalized spacial score (nSPS) is 16.6. The number of hydrogen-bond donors (Lipinski definition) is 3. The zero-order valence-electron chi connectivity index (χ0n) is 41.1. The molecule has 32 heteroatoms. The first-order chi connectivity index (χ1) is 36.3. The molecule has 1 unspecified atom stereocenters. The molecular formula is C47H40ClF10N8O10PS2. The van der Waals surface area contributed by atoms with E-state index < -0.39 is 173 Å². The molecule has 3 aromatic heterocycles. The summed E-state index contributed by atoms with van der Waals surface area (Å²) in [5.74, 6) is -7.08. The van der Waals surface area contributed by atoms with Gasteiger partial charge in [0, 0.05) is 42.0 Å². The van der Waals surface area contributed by atoms with E-state index in [0.717, 1.165) is 61.8 Å². The van der Waals surface area contributed by atoms with E-state index in [9.17, 15) is 75.9 Å². The molecule has 0 spiro atoms. The standard InChI is InChI=1S/C47H40ClF10N8O10PS2/c1-44(2,78(4,72)73)15-14-26-10-11-27(38(59-26)32(18-23-16-24(49)19-25(50)17-23)60-35(67)21-64-41-36(40(61-64)47(56,57)58)29-20-30(29)46(41,54)55)28-12-13-31(48)37-39(28)65(22-45(51,52)53)62-42(37)66(79(5,74)75)43(68)63(3)33-8-6-7-9-34(33)76-77(69,70)71/h6-13,16-17,19,29-30,32H,18,20-22H2,1-5H3,(H,60,67)(H2,69,70,71)/t29-,30+,32?/m0/s1. The number of alkyl halides is 8. The van der Waals surface area contributed by atoms with E-state index >= 15 is 8.78 Å². The maximum absolute atomic E-state index is 15.7. The number of phosphoric ester groups is 1. The fourth-order valence-electron chi connectivity index (χ4n) is 8.97. The van der Waals surface area contributed by atoms with Crippen molar-refractivity contribution in [2.75, 3.05) is 28.8 Å². The summed E-state index contributed by atoms with van der Waals surface area (Å²) in [6.07, 6.45) is -10.2. The van der Waals surface area contributed by atoms with Crippen molar-refractivity contribution in [1.29, 1.82) is 0 Å². The van der Waals surface area contributed by atoms with Gasteiger partial charge >= 0.3 is 26.2 Å². The largest absolute Gasteiger partial charge is 0.524 e. The van der Waals surface area contributed by atoms with Gasteiger partial charge in [0.15, 0.2) is 27.1 Å². The monoisotopic (exact) mass is 1200 g/mol. The molecule has 2 aliphatic rings. The summed E-state index contributed by atoms with van der Waals surface area (Å²) in [4.78, 5) is 52.8. The predicted molar refractivity (Wildman–Crippen MR) is 263 cm³/mol. The van der Waals surface area contributed by atoms with Gasteiger partial charge in [0.2, 0.25) is 15.9 Å². The molecule has 8 rings (SSSR count). The number of amides is 3. The number of rotatable bonds is 14. The Bertz CT molecular complexity index is 3840. The van der Waals surface area contributed by atoms with Crippen LogP contribution in [-0.4, -0.2) is 93.6 Å². The number of sulfonamides is 1. The number of nitrogens with one attached hydrogen (secondary N) is 1. The average Bonchev–Trinajstić information content (AvgIpc) is 2.10. The van der Waals surface area contributed by atoms with Crippen molar-refractivity contribution in [3.8, 4) is 28.7 Å². The van der Waals surface area contributed by atoms with Gasteiger partial charge < -0.3 is 9.84 Å². The van der Waals surface area contributed by atoms with Crippen LogP contribution in [-0.2, 0) is 60.8 Å². The Morgan fingerprint density at radius 1 is 0.949 bits per heavy atom. The molecule has 0 saturated heterocycles. The molecule has 6 aromatic rings. The zero-order chi connectivity index (χ0) is 58.5. The van der Waals surface area contributed by atoms with Gasteiger partial charge in [0.1, 0.15) is 40.9 Å². The third-order valence-electron chi connectivity index (χ3n) is 12.7. The highest BCUT2D eigenvalue weighted by Crippen LogP contribution is 2.68. The quantitative estimate of drug-likeness (QED) is 0.0526. The van der Waals surface area contributed by atoms with Crippen LogP contribution in [0.4, 0.5) is 60.2 Å². The number of nitrogens with zero attached hydrogens (tertiary/aromatic N) is 7. The Kier molecular flexibility index (Phi) is 14.8. The summed E-state index contributed by atoms with van der Waals surface area (Å²) in [7, 11) is -13.5. The average molecular weight is 1200 g/mol. The number of phosphoric acid groups is 1. The van der Waals surface area contributed by atoms with Crippen molar-refractivity contribution in [1.82, 2.24) is 29.9 Å². The van der Waals surface area contributed by atoms with Gasteiger partial charge in [-0.3, -0.25) is 28.8 Å². The van der Waals surface area contributed by atoms with Crippen LogP contribution < -0.4 is 19.0 Å². The van der Waals surface area contributed by atoms with Crippen LogP contribution >= 0.6 is 19.4 Å². The lowest BCUT2D eigenvalue weighted by Crippen LogP contribution is -2.45. The molecule has 0 bridgehead atoms. The van der Waals surface area contributed by atoms with E-state index in [0.29, 0.717) is 17.2 Å². The van der Waals surface area contributed by atoms with Gasteiger partial charge in [0.05, 0.1) is 39.6 Å². The van der Waals surface area contributed by atoms with Crippen molar-refractivity contribution in [3.63, 3.8) is 0 Å². The van der Waals surface area contributed by atoms with E-state index in [2.05, 4.69) is 36.9 Å². The van der Waals surface area contributed by atoms with Crippen LogP contribution in [0.15, 0.2) is 66.7 Å². The van der Waals surface area contributed by atoms with Gasteiger partial charge in [-0.2, -0.15) is 49.6 Å². The number of urea groups is 1. The maximum Gasteiger partial charge on any atom is 0.524 e. The fourth-order valence-corrected chi connectivity index (χ4v) is 10.7. The molecule has 3 N–H and O–H groups in total. The first kappa shape index (κ1) is 58.4. The van der Waals surface area contributed by atoms with Crippen molar-refractivity contribution < 1.29 is 89.2 Å². The Morgan fingerprint density at radius 3 is 2.18 bits per heavy atom. The Labute approximate surface area is 446 Å². The highest BCUT2D eigenvalue weighted by Gasteiger charge is 2.68. The number of fused-ring (bicyclic) bond motifs is 4. The third-order valence-corrected chi connectivity index (χ3v) is 16.4. The second-order valence-electron chi connectivity index (χ2n) is 18.9. The Morgan fingerprint density at radius 2 is 1.58 bits per heavy atom. The van der Waals surface area contributed by atoms with Crippen molar-refractivity contribution in [2.45, 2.75) is 74.8 Å². The number of benzene rings is 3. The molecular weight excluding hydrogens is 1160 g/mol. The number of carbonyl (C=O) groups is 2. The topological polar surface area (TPSA) is 236 Å². The molecule has 2 aliphatic carbocycles. The Balaban J connectivity index is 1.37. The van der Waals surface area contributed by atoms with E-state index in [4.69, 9.17) is 11.6 Å². The number of sulfone groups is 1. The maximum atomic E-state index is 15.7. The minimum atomic E-state index is -5.36. The zero-order valence-corrected chi connectivity index (χ0v) is 44.4. The highest BCUT2D eigenvalue weighted by molar-refractivity contribution is 7.93. The van der Waals surface area contributed by atoms with Crippen LogP contribution in [0.3, 0.4) is 0 Å². The first-order valence-electron chi connectivity index (χ1n) is 22.7. The number of carbonyl (C=O) groups excluding carboxylic acids is 2. The number of halogens is 11. The van der Waals surface area contributed by atoms with E-state index in [1.165, 1.54) is 26.0 Å². The van der Waals surface area contributed by atoms with Gasteiger partial charge in [-0.25, -0.2) is 40.0 Å². The molecule has 79 heavy (non-hydrogen) atoms. The number of anilines is 2. The van der Waals surface area contributed by atoms with Crippen molar-refractivity contribution >= 4 is 73.6 Å². The molecule has 0 aliphatic heterocycles. The molecule has 3 atom stereocenters. The van der Waals surface area contributed by atoms with Crippen LogP contribution in [0, 0.1) is 29.4 Å². The van der Waals surface area contributed by atoms with Gasteiger partial charge in [-0.05, 0) is 86.6 Å². The predicted octanol–water partition coefficient (Wildman–Crippen LogP) is 8.79. The Hall–Kier alpha value is -6.77. The molecule has 3 heterocycles. The van der Waals surface area contributed by atoms with Gasteiger partial charge in [-0.15, -0.1) is 0 Å². The summed E-state index contributed by atoms with van der Waals surface area (Å²) in [6, 6.07) is 7.29. The SMILES string of the molecule is CN(C(=O)N(c1nn(CC(F)(F)F)c2c(-c3ccc(C#CC(C)(C)S(C)(=O)=O)nc3C(Cc3cc(F)cc(F)c3)NC(=O)Cn3nc(C(F)(F)F)c4c3C(F)(F)[C@@H]3C[C@H]43)ccc(Cl)c12)S(C)(=O)=O)c1ccccc1OP(=O)(O)O. The minimum absolute atomic E-state index is 0.0851. The highest BCUT2D eigenvalue weighted by atomic mass is 35.5. The second kappa shape index (κ2) is 20.1. The lowest BCUT2D eigenvalue weighted by molar-refractivity contribution is -0.143.